The van der Waals surface area contributed by atoms with Crippen LogP contribution in [-0.2, 0) is 11.3 Å². The van der Waals surface area contributed by atoms with Gasteiger partial charge in [-0.15, -0.1) is 0 Å². The molecule has 1 aliphatic rings. The van der Waals surface area contributed by atoms with Gasteiger partial charge in [-0.2, -0.15) is 5.10 Å². The monoisotopic (exact) mass is 345 g/mol. The molecule has 1 amide bonds. The van der Waals surface area contributed by atoms with Crippen LogP contribution in [0.25, 0.3) is 11.3 Å². The predicted molar refractivity (Wildman–Crippen MR) is 94.9 cm³/mol. The lowest BCUT2D eigenvalue weighted by molar-refractivity contribution is -0.120. The Kier molecular flexibility index (Phi) is 5.33. The second kappa shape index (κ2) is 7.64. The molecule has 0 aliphatic heterocycles. The second-order valence-electron chi connectivity index (χ2n) is 5.84. The smallest absolute Gasteiger partial charge is 0.228 e. The van der Waals surface area contributed by atoms with E-state index in [4.69, 9.17) is 11.6 Å². The lowest BCUT2D eigenvalue weighted by Gasteiger charge is -2.17. The molecule has 0 bridgehead atoms. The molecule has 0 saturated heterocycles. The highest BCUT2D eigenvalue weighted by Gasteiger charge is 2.20. The van der Waals surface area contributed by atoms with Gasteiger partial charge in [-0.05, 0) is 31.4 Å². The zero-order valence-corrected chi connectivity index (χ0v) is 14.0. The lowest BCUT2D eigenvalue weighted by Crippen LogP contribution is -2.25. The zero-order valence-electron chi connectivity index (χ0n) is 13.3. The Morgan fingerprint density at radius 3 is 2.96 bits per heavy atom. The minimum Gasteiger partial charge on any atom is -0.394 e. The Balaban J connectivity index is 1.83. The maximum atomic E-state index is 12.5. The van der Waals surface area contributed by atoms with E-state index in [2.05, 4.69) is 22.6 Å². The first-order chi connectivity index (χ1) is 11.7. The molecule has 0 spiro atoms. The van der Waals surface area contributed by atoms with Crippen LogP contribution in [0.2, 0.25) is 5.02 Å². The highest BCUT2D eigenvalue weighted by atomic mass is 35.5. The summed E-state index contributed by atoms with van der Waals surface area (Å²) >= 11 is 6.04. The predicted octanol–water partition coefficient (Wildman–Crippen LogP) is 3.49. The summed E-state index contributed by atoms with van der Waals surface area (Å²) in [5, 5.41) is 17.3. The standard InChI is InChI=1S/C18H20ClN3O2/c19-15-8-4-7-14(11-15)16-12-17(22(21-16)9-10-23)20-18(24)13-5-2-1-3-6-13/h1-2,4,7-8,11-13,23H,3,5-6,9-10H2,(H,20,24). The van der Waals surface area contributed by atoms with Gasteiger partial charge in [0.2, 0.25) is 5.91 Å². The van der Waals surface area contributed by atoms with Gasteiger partial charge >= 0.3 is 0 Å². The Morgan fingerprint density at radius 1 is 1.38 bits per heavy atom. The number of benzene rings is 1. The lowest BCUT2D eigenvalue weighted by atomic mass is 9.94. The third kappa shape index (κ3) is 3.86. The minimum absolute atomic E-state index is 0.00363. The number of hydrogen-bond acceptors (Lipinski definition) is 3. The van der Waals surface area contributed by atoms with Gasteiger partial charge in [0.1, 0.15) is 5.82 Å². The summed E-state index contributed by atoms with van der Waals surface area (Å²) in [5.41, 5.74) is 1.58. The first-order valence-electron chi connectivity index (χ1n) is 8.08. The van der Waals surface area contributed by atoms with Gasteiger partial charge in [-0.3, -0.25) is 4.79 Å². The summed E-state index contributed by atoms with van der Waals surface area (Å²) in [5.74, 6) is 0.580. The molecule has 3 rings (SSSR count). The highest BCUT2D eigenvalue weighted by molar-refractivity contribution is 6.30. The molecule has 1 aromatic carbocycles. The molecule has 1 aromatic heterocycles. The quantitative estimate of drug-likeness (QED) is 0.815. The van der Waals surface area contributed by atoms with Gasteiger partial charge < -0.3 is 10.4 Å². The van der Waals surface area contributed by atoms with Crippen molar-refractivity contribution in [2.24, 2.45) is 5.92 Å². The summed E-state index contributed by atoms with van der Waals surface area (Å²) in [6, 6.07) is 9.21. The molecule has 1 unspecified atom stereocenters. The van der Waals surface area contributed by atoms with Crippen molar-refractivity contribution in [3.8, 4) is 11.3 Å². The third-order valence-corrected chi connectivity index (χ3v) is 4.34. The topological polar surface area (TPSA) is 67.2 Å². The molecule has 126 valence electrons. The molecule has 0 radical (unpaired) electrons. The summed E-state index contributed by atoms with van der Waals surface area (Å²) in [4.78, 5) is 12.5. The van der Waals surface area contributed by atoms with Crippen LogP contribution in [0, 0.1) is 5.92 Å². The van der Waals surface area contributed by atoms with E-state index in [0.29, 0.717) is 23.1 Å². The number of aliphatic hydroxyl groups excluding tert-OH is 1. The minimum atomic E-state index is -0.0499. The maximum absolute atomic E-state index is 12.5. The number of anilines is 1. The number of nitrogens with one attached hydrogen (secondary N) is 1. The molecule has 6 heteroatoms. The first-order valence-corrected chi connectivity index (χ1v) is 8.45. The SMILES string of the molecule is O=C(Nc1cc(-c2cccc(Cl)c2)nn1CCO)C1CC=CCC1. The van der Waals surface area contributed by atoms with Gasteiger partial charge in [-0.1, -0.05) is 35.9 Å². The fraction of sp³-hybridized carbons (Fsp3) is 0.333. The second-order valence-corrected chi connectivity index (χ2v) is 6.28. The van der Waals surface area contributed by atoms with Crippen molar-refractivity contribution >= 4 is 23.3 Å². The number of allylic oxidation sites excluding steroid dienone is 2. The normalized spacial score (nSPS) is 17.0. The molecular weight excluding hydrogens is 326 g/mol. The van der Waals surface area contributed by atoms with Crippen molar-refractivity contribution in [2.45, 2.75) is 25.8 Å². The number of amides is 1. The van der Waals surface area contributed by atoms with E-state index in [1.54, 1.807) is 10.7 Å². The molecular formula is C18H20ClN3O2. The fourth-order valence-electron chi connectivity index (χ4n) is 2.83. The summed E-state index contributed by atoms with van der Waals surface area (Å²) in [6.45, 7) is 0.270. The van der Waals surface area contributed by atoms with E-state index in [9.17, 15) is 9.90 Å². The Morgan fingerprint density at radius 2 is 2.25 bits per heavy atom. The molecule has 5 nitrogen and oxygen atoms in total. The number of aromatic nitrogens is 2. The van der Waals surface area contributed by atoms with Gasteiger partial charge in [0, 0.05) is 22.6 Å². The van der Waals surface area contributed by atoms with Crippen LogP contribution in [0.1, 0.15) is 19.3 Å². The van der Waals surface area contributed by atoms with E-state index in [1.165, 1.54) is 0 Å². The van der Waals surface area contributed by atoms with Crippen molar-refractivity contribution in [1.29, 1.82) is 0 Å². The Labute approximate surface area is 145 Å². The molecule has 0 saturated carbocycles. The zero-order chi connectivity index (χ0) is 16.9. The first kappa shape index (κ1) is 16.7. The van der Waals surface area contributed by atoms with Crippen LogP contribution in [0.4, 0.5) is 5.82 Å². The van der Waals surface area contributed by atoms with E-state index >= 15 is 0 Å². The highest BCUT2D eigenvalue weighted by Crippen LogP contribution is 2.26. The molecule has 1 atom stereocenters. The average Bonchev–Trinajstić information content (AvgIpc) is 2.99. The third-order valence-electron chi connectivity index (χ3n) is 4.10. The van der Waals surface area contributed by atoms with Gasteiger partial charge in [0.05, 0.1) is 18.8 Å². The van der Waals surface area contributed by atoms with Crippen molar-refractivity contribution in [1.82, 2.24) is 9.78 Å². The van der Waals surface area contributed by atoms with Crippen molar-refractivity contribution in [3.63, 3.8) is 0 Å². The van der Waals surface area contributed by atoms with Crippen LogP contribution in [0.15, 0.2) is 42.5 Å². The van der Waals surface area contributed by atoms with Gasteiger partial charge in [0.15, 0.2) is 0 Å². The Bertz CT molecular complexity index is 754. The average molecular weight is 346 g/mol. The number of halogens is 1. The molecule has 1 heterocycles. The number of carbonyl (C=O) groups is 1. The van der Waals surface area contributed by atoms with Crippen LogP contribution >= 0.6 is 11.6 Å². The van der Waals surface area contributed by atoms with Crippen LogP contribution in [0.5, 0.6) is 0 Å². The van der Waals surface area contributed by atoms with E-state index in [0.717, 1.165) is 24.8 Å². The van der Waals surface area contributed by atoms with E-state index in [-0.39, 0.29) is 18.4 Å². The van der Waals surface area contributed by atoms with Gasteiger partial charge in [-0.25, -0.2) is 4.68 Å². The van der Waals surface area contributed by atoms with E-state index < -0.39 is 0 Å². The van der Waals surface area contributed by atoms with E-state index in [1.807, 2.05) is 24.3 Å². The number of carbonyl (C=O) groups excluding carboxylic acids is 1. The summed E-state index contributed by atoms with van der Waals surface area (Å²) in [7, 11) is 0. The van der Waals surface area contributed by atoms with Crippen molar-refractivity contribution in [2.75, 3.05) is 11.9 Å². The van der Waals surface area contributed by atoms with Crippen molar-refractivity contribution in [3.05, 3.63) is 47.5 Å². The molecule has 2 N–H and O–H groups in total. The summed E-state index contributed by atoms with van der Waals surface area (Å²) in [6.07, 6.45) is 6.72. The number of hydrogen-bond donors (Lipinski definition) is 2. The maximum Gasteiger partial charge on any atom is 0.228 e. The van der Waals surface area contributed by atoms with Crippen LogP contribution < -0.4 is 5.32 Å². The largest absolute Gasteiger partial charge is 0.394 e. The number of rotatable bonds is 5. The summed E-state index contributed by atoms with van der Waals surface area (Å²) < 4.78 is 1.62. The molecule has 1 aliphatic carbocycles. The Hall–Kier alpha value is -2.11. The van der Waals surface area contributed by atoms with Crippen LogP contribution in [0.3, 0.4) is 0 Å². The molecule has 24 heavy (non-hydrogen) atoms. The fourth-order valence-corrected chi connectivity index (χ4v) is 3.02. The van der Waals surface area contributed by atoms with Crippen LogP contribution in [-0.4, -0.2) is 27.4 Å². The molecule has 2 aromatic rings. The van der Waals surface area contributed by atoms with Gasteiger partial charge in [0.25, 0.3) is 0 Å². The molecule has 0 fully saturated rings. The number of nitrogens with zero attached hydrogens (tertiary/aromatic N) is 2. The number of aliphatic hydroxyl groups is 1. The van der Waals surface area contributed by atoms with Crippen molar-refractivity contribution < 1.29 is 9.90 Å².